The highest BCUT2D eigenvalue weighted by Crippen LogP contribution is 2.30. The molecule has 3 aromatic carbocycles. The van der Waals surface area contributed by atoms with E-state index < -0.39 is 0 Å². The highest BCUT2D eigenvalue weighted by atomic mass is 32.1. The van der Waals surface area contributed by atoms with Crippen LogP contribution in [-0.2, 0) is 6.54 Å². The van der Waals surface area contributed by atoms with Gasteiger partial charge in [0.05, 0.1) is 20.8 Å². The maximum absolute atomic E-state index is 12.7. The van der Waals surface area contributed by atoms with Crippen molar-refractivity contribution in [1.82, 2.24) is 20.4 Å². The number of hydrogen-bond acceptors (Lipinski definition) is 4. The Morgan fingerprint density at radius 1 is 0.875 bits per heavy atom. The highest BCUT2D eigenvalue weighted by molar-refractivity contribution is 7.17. The van der Waals surface area contributed by atoms with Gasteiger partial charge in [0, 0.05) is 12.1 Å². The fourth-order valence-electron chi connectivity index (χ4n) is 3.83. The molecule has 0 spiro atoms. The molecule has 0 unspecified atom stereocenters. The molecule has 0 saturated heterocycles. The van der Waals surface area contributed by atoms with Gasteiger partial charge >= 0.3 is 0 Å². The molecular formula is C25H20N4O2S. The van der Waals surface area contributed by atoms with E-state index in [1.54, 1.807) is 12.1 Å². The van der Waals surface area contributed by atoms with Crippen molar-refractivity contribution < 1.29 is 9.59 Å². The summed E-state index contributed by atoms with van der Waals surface area (Å²) in [5.74, 6) is 0.103. The Morgan fingerprint density at radius 2 is 1.62 bits per heavy atom. The number of nitrogens with one attached hydrogen (secondary N) is 2. The first-order valence-electron chi connectivity index (χ1n) is 10.3. The van der Waals surface area contributed by atoms with E-state index in [2.05, 4.69) is 22.3 Å². The smallest absolute Gasteiger partial charge is 0.279 e. The summed E-state index contributed by atoms with van der Waals surface area (Å²) in [7, 11) is 0. The summed E-state index contributed by atoms with van der Waals surface area (Å²) in [5, 5.41) is 1.80. The van der Waals surface area contributed by atoms with Gasteiger partial charge in [0.25, 0.3) is 11.8 Å². The number of rotatable bonds is 4. The lowest BCUT2D eigenvalue weighted by atomic mass is 10.0. The van der Waals surface area contributed by atoms with Gasteiger partial charge in [-0.2, -0.15) is 0 Å². The maximum atomic E-state index is 12.7. The summed E-state index contributed by atoms with van der Waals surface area (Å²) >= 11 is 1.34. The lowest BCUT2D eigenvalue weighted by Gasteiger charge is -2.08. The Bertz CT molecular complexity index is 1460. The van der Waals surface area contributed by atoms with Gasteiger partial charge in [0.1, 0.15) is 0 Å². The molecule has 0 radical (unpaired) electrons. The van der Waals surface area contributed by atoms with E-state index in [-0.39, 0.29) is 11.8 Å². The molecule has 0 aliphatic heterocycles. The highest BCUT2D eigenvalue weighted by Gasteiger charge is 2.17. The first kappa shape index (κ1) is 20.0. The Balaban J connectivity index is 1.34. The van der Waals surface area contributed by atoms with Gasteiger partial charge < -0.3 is 4.57 Å². The van der Waals surface area contributed by atoms with Crippen molar-refractivity contribution in [2.45, 2.75) is 13.5 Å². The molecule has 0 aliphatic carbocycles. The number of aromatic nitrogens is 2. The molecule has 5 aromatic rings. The Kier molecular flexibility index (Phi) is 5.17. The van der Waals surface area contributed by atoms with E-state index in [0.717, 1.165) is 39.1 Å². The normalized spacial score (nSPS) is 11.0. The number of amides is 2. The number of carbonyl (C=O) groups excluding carboxylic acids is 2. The van der Waals surface area contributed by atoms with Gasteiger partial charge in [-0.15, -0.1) is 11.3 Å². The molecule has 0 saturated carbocycles. The summed E-state index contributed by atoms with van der Waals surface area (Å²) in [6.45, 7) is 2.85. The van der Waals surface area contributed by atoms with Gasteiger partial charge in [-0.25, -0.2) is 4.98 Å². The van der Waals surface area contributed by atoms with Crippen molar-refractivity contribution in [2.75, 3.05) is 0 Å². The molecule has 5 rings (SSSR count). The molecule has 2 aromatic heterocycles. The van der Waals surface area contributed by atoms with Crippen LogP contribution in [0.1, 0.15) is 27.0 Å². The zero-order valence-electron chi connectivity index (χ0n) is 17.3. The number of hydrazine groups is 1. The number of benzene rings is 3. The molecule has 0 atom stereocenters. The minimum absolute atomic E-state index is 0.361. The van der Waals surface area contributed by atoms with E-state index in [1.807, 2.05) is 66.7 Å². The van der Waals surface area contributed by atoms with Crippen LogP contribution in [0.4, 0.5) is 0 Å². The number of fused-ring (bicyclic) bond motifs is 2. The molecule has 2 amide bonds. The van der Waals surface area contributed by atoms with Crippen molar-refractivity contribution in [1.29, 1.82) is 0 Å². The third-order valence-electron chi connectivity index (χ3n) is 5.34. The fourth-order valence-corrected chi connectivity index (χ4v) is 4.73. The second-order valence-corrected chi connectivity index (χ2v) is 8.35. The second kappa shape index (κ2) is 8.28. The monoisotopic (exact) mass is 440 g/mol. The molecule has 6 nitrogen and oxygen atoms in total. The zero-order chi connectivity index (χ0) is 22.1. The van der Waals surface area contributed by atoms with Gasteiger partial charge in [-0.05, 0) is 48.0 Å². The molecular weight excluding hydrogens is 420 g/mol. The number of thiophene rings is 1. The van der Waals surface area contributed by atoms with E-state index in [4.69, 9.17) is 4.98 Å². The maximum Gasteiger partial charge on any atom is 0.279 e. The van der Waals surface area contributed by atoms with Crippen molar-refractivity contribution in [2.24, 2.45) is 0 Å². The van der Waals surface area contributed by atoms with Crippen molar-refractivity contribution >= 4 is 45.0 Å². The molecule has 0 fully saturated rings. The lowest BCUT2D eigenvalue weighted by molar-refractivity contribution is 0.0850. The van der Waals surface area contributed by atoms with Crippen LogP contribution in [0.25, 0.3) is 32.5 Å². The van der Waals surface area contributed by atoms with Crippen LogP contribution in [-0.4, -0.2) is 21.4 Å². The number of aryl methyl sites for hydroxylation is 1. The number of hydrogen-bond donors (Lipinski definition) is 2. The zero-order valence-corrected chi connectivity index (χ0v) is 18.1. The van der Waals surface area contributed by atoms with Crippen LogP contribution in [0.3, 0.4) is 0 Å². The van der Waals surface area contributed by atoms with Crippen molar-refractivity contribution in [3.63, 3.8) is 0 Å². The number of carbonyl (C=O) groups is 2. The van der Waals surface area contributed by atoms with E-state index in [9.17, 15) is 9.59 Å². The molecule has 7 heteroatoms. The largest absolute Gasteiger partial charge is 0.324 e. The van der Waals surface area contributed by atoms with Crippen molar-refractivity contribution in [3.8, 4) is 10.7 Å². The minimum atomic E-state index is -0.367. The number of nitrogens with zero attached hydrogens (tertiary/aromatic N) is 2. The van der Waals surface area contributed by atoms with Crippen LogP contribution in [0, 0.1) is 0 Å². The SMILES string of the molecule is CCn1c(-c2ccc(C(=O)NNC(=O)c3cccc4ccccc34)s2)nc2ccccc21. The minimum Gasteiger partial charge on any atom is -0.324 e. The predicted octanol–water partition coefficient (Wildman–Crippen LogP) is 5.01. The number of para-hydroxylation sites is 2. The molecule has 2 N–H and O–H groups in total. The van der Waals surface area contributed by atoms with Crippen LogP contribution in [0.5, 0.6) is 0 Å². The average Bonchev–Trinajstić information content (AvgIpc) is 3.46. The molecule has 0 bridgehead atoms. The Hall–Kier alpha value is -3.97. The standard InChI is InChI=1S/C25H20N4O2S/c1-2-29-20-13-6-5-12-19(20)26-23(29)21-14-15-22(32-21)25(31)28-27-24(30)18-11-7-9-16-8-3-4-10-17(16)18/h3-15H,2H2,1H3,(H,27,30)(H,28,31). The summed E-state index contributed by atoms with van der Waals surface area (Å²) in [4.78, 5) is 31.5. The van der Waals surface area contributed by atoms with Crippen LogP contribution >= 0.6 is 11.3 Å². The van der Waals surface area contributed by atoms with E-state index in [1.165, 1.54) is 11.3 Å². The molecule has 0 aliphatic rings. The fraction of sp³-hybridized carbons (Fsp3) is 0.0800. The third-order valence-corrected chi connectivity index (χ3v) is 6.42. The van der Waals surface area contributed by atoms with Crippen LogP contribution in [0.15, 0.2) is 78.9 Å². The van der Waals surface area contributed by atoms with Crippen LogP contribution in [0.2, 0.25) is 0 Å². The molecule has 32 heavy (non-hydrogen) atoms. The van der Waals surface area contributed by atoms with Crippen LogP contribution < -0.4 is 10.9 Å². The summed E-state index contributed by atoms with van der Waals surface area (Å²) in [6, 6.07) is 24.8. The molecule has 158 valence electrons. The third kappa shape index (κ3) is 3.52. The lowest BCUT2D eigenvalue weighted by Crippen LogP contribution is -2.41. The van der Waals surface area contributed by atoms with Gasteiger partial charge in [0.15, 0.2) is 5.82 Å². The second-order valence-electron chi connectivity index (χ2n) is 7.27. The Morgan fingerprint density at radius 3 is 2.50 bits per heavy atom. The average molecular weight is 441 g/mol. The first-order valence-corrected chi connectivity index (χ1v) is 11.1. The first-order chi connectivity index (χ1) is 15.7. The summed E-state index contributed by atoms with van der Waals surface area (Å²) in [6.07, 6.45) is 0. The Labute approximate surface area is 188 Å². The van der Waals surface area contributed by atoms with E-state index >= 15 is 0 Å². The number of imidazole rings is 1. The van der Waals surface area contributed by atoms with Crippen molar-refractivity contribution in [3.05, 3.63) is 89.3 Å². The quantitative estimate of drug-likeness (QED) is 0.386. The van der Waals surface area contributed by atoms with Gasteiger partial charge in [-0.3, -0.25) is 20.4 Å². The van der Waals surface area contributed by atoms with Gasteiger partial charge in [0.2, 0.25) is 0 Å². The van der Waals surface area contributed by atoms with E-state index in [0.29, 0.717) is 10.4 Å². The topological polar surface area (TPSA) is 76.0 Å². The summed E-state index contributed by atoms with van der Waals surface area (Å²) < 4.78 is 2.13. The molecule has 2 heterocycles. The van der Waals surface area contributed by atoms with Gasteiger partial charge in [-0.1, -0.05) is 48.5 Å². The summed E-state index contributed by atoms with van der Waals surface area (Å²) in [5.41, 5.74) is 7.55. The predicted molar refractivity (Wildman–Crippen MR) is 128 cm³/mol.